The number of hydrogen-bond acceptors (Lipinski definition) is 4. The van der Waals surface area contributed by atoms with E-state index in [1.54, 1.807) is 0 Å². The van der Waals surface area contributed by atoms with Gasteiger partial charge in [0.2, 0.25) is 6.79 Å². The van der Waals surface area contributed by atoms with E-state index in [4.69, 9.17) is 14.2 Å². The fraction of sp³-hybridized carbons (Fsp3) is 0.625. The number of hydrogen-bond donors (Lipinski definition) is 1. The van der Waals surface area contributed by atoms with Crippen molar-refractivity contribution in [2.24, 2.45) is 0 Å². The Morgan fingerprint density at radius 2 is 2.00 bits per heavy atom. The summed E-state index contributed by atoms with van der Waals surface area (Å²) in [5, 5.41) is 3.42. The molecule has 4 nitrogen and oxygen atoms in total. The van der Waals surface area contributed by atoms with Crippen LogP contribution in [0.4, 0.5) is 0 Å². The predicted molar refractivity (Wildman–Crippen MR) is 79.2 cm³/mol. The van der Waals surface area contributed by atoms with Gasteiger partial charge in [0.05, 0.1) is 6.61 Å². The van der Waals surface area contributed by atoms with E-state index in [0.29, 0.717) is 19.4 Å². The van der Waals surface area contributed by atoms with Gasteiger partial charge in [-0.25, -0.2) is 0 Å². The highest BCUT2D eigenvalue weighted by Gasteiger charge is 2.12. The third-order valence-electron chi connectivity index (χ3n) is 3.22. The largest absolute Gasteiger partial charge is 0.454 e. The van der Waals surface area contributed by atoms with E-state index in [1.807, 2.05) is 18.2 Å². The summed E-state index contributed by atoms with van der Waals surface area (Å²) < 4.78 is 16.3. The van der Waals surface area contributed by atoms with Crippen molar-refractivity contribution in [3.05, 3.63) is 23.8 Å². The van der Waals surface area contributed by atoms with E-state index >= 15 is 0 Å². The molecule has 0 atom stereocenters. The molecule has 4 heteroatoms. The zero-order valence-electron chi connectivity index (χ0n) is 12.5. The number of ether oxygens (including phenoxy) is 3. The molecule has 112 valence electrons. The molecule has 0 aromatic heterocycles. The van der Waals surface area contributed by atoms with E-state index in [-0.39, 0.29) is 0 Å². The van der Waals surface area contributed by atoms with Gasteiger partial charge in [-0.1, -0.05) is 19.9 Å². The summed E-state index contributed by atoms with van der Waals surface area (Å²) in [4.78, 5) is 0. The highest BCUT2D eigenvalue weighted by Crippen LogP contribution is 2.32. The Hall–Kier alpha value is -1.26. The first-order valence-corrected chi connectivity index (χ1v) is 7.45. The van der Waals surface area contributed by atoms with Crippen LogP contribution in [0.15, 0.2) is 18.2 Å². The lowest BCUT2D eigenvalue weighted by Gasteiger charge is -2.08. The Labute approximate surface area is 121 Å². The average molecular weight is 279 g/mol. The number of nitrogens with one attached hydrogen (secondary N) is 1. The predicted octanol–water partition coefficient (Wildman–Crippen LogP) is 3.10. The highest BCUT2D eigenvalue weighted by molar-refractivity contribution is 5.44. The molecule has 0 amide bonds. The van der Waals surface area contributed by atoms with E-state index < -0.39 is 0 Å². The van der Waals surface area contributed by atoms with E-state index in [0.717, 1.165) is 36.6 Å². The molecule has 0 unspecified atom stereocenters. The average Bonchev–Trinajstić information content (AvgIpc) is 2.89. The van der Waals surface area contributed by atoms with Gasteiger partial charge in [0.1, 0.15) is 0 Å². The Balaban J connectivity index is 1.53. The van der Waals surface area contributed by atoms with Gasteiger partial charge in [-0.3, -0.25) is 0 Å². The zero-order valence-corrected chi connectivity index (χ0v) is 12.5. The topological polar surface area (TPSA) is 39.7 Å². The first kappa shape index (κ1) is 15.1. The molecule has 0 fully saturated rings. The summed E-state index contributed by atoms with van der Waals surface area (Å²) in [6.45, 7) is 7.23. The molecule has 1 aromatic rings. The standard InChI is InChI=1S/C16H25NO3/c1-13(2)17-8-4-3-5-9-18-11-14-6-7-15-16(10-14)20-12-19-15/h6-7,10,13,17H,3-5,8-9,11-12H2,1-2H3. The summed E-state index contributed by atoms with van der Waals surface area (Å²) >= 11 is 0. The van der Waals surface area contributed by atoms with Crippen LogP contribution in [0.1, 0.15) is 38.7 Å². The molecule has 0 saturated carbocycles. The number of unbranched alkanes of at least 4 members (excludes halogenated alkanes) is 2. The van der Waals surface area contributed by atoms with Crippen LogP contribution < -0.4 is 14.8 Å². The number of fused-ring (bicyclic) bond motifs is 1. The molecule has 1 N–H and O–H groups in total. The van der Waals surface area contributed by atoms with Crippen LogP contribution in [0.2, 0.25) is 0 Å². The van der Waals surface area contributed by atoms with Crippen molar-refractivity contribution in [2.45, 2.75) is 45.8 Å². The molecule has 20 heavy (non-hydrogen) atoms. The molecule has 0 bridgehead atoms. The van der Waals surface area contributed by atoms with Crippen molar-refractivity contribution in [1.82, 2.24) is 5.32 Å². The van der Waals surface area contributed by atoms with Gasteiger partial charge >= 0.3 is 0 Å². The Kier molecular flexibility index (Phi) is 6.15. The summed E-state index contributed by atoms with van der Waals surface area (Å²) in [5.74, 6) is 1.65. The SMILES string of the molecule is CC(C)NCCCCCOCc1ccc2c(c1)OCO2. The highest BCUT2D eigenvalue weighted by atomic mass is 16.7. The Bertz CT molecular complexity index is 407. The molecule has 2 rings (SSSR count). The first-order valence-electron chi connectivity index (χ1n) is 7.45. The zero-order chi connectivity index (χ0) is 14.2. The maximum Gasteiger partial charge on any atom is 0.231 e. The molecule has 0 radical (unpaired) electrons. The maximum atomic E-state index is 5.69. The molecule has 1 aromatic carbocycles. The quantitative estimate of drug-likeness (QED) is 0.705. The Morgan fingerprint density at radius 1 is 1.15 bits per heavy atom. The van der Waals surface area contributed by atoms with Gasteiger partial charge in [0.15, 0.2) is 11.5 Å². The van der Waals surface area contributed by atoms with Crippen LogP contribution in [0, 0.1) is 0 Å². The second-order valence-corrected chi connectivity index (χ2v) is 5.41. The molecule has 0 saturated heterocycles. The van der Waals surface area contributed by atoms with E-state index in [9.17, 15) is 0 Å². The first-order chi connectivity index (χ1) is 9.75. The minimum absolute atomic E-state index is 0.323. The molecular weight excluding hydrogens is 254 g/mol. The minimum atomic E-state index is 0.323. The van der Waals surface area contributed by atoms with Gasteiger partial charge in [0.25, 0.3) is 0 Å². The second-order valence-electron chi connectivity index (χ2n) is 5.41. The van der Waals surface area contributed by atoms with Crippen LogP contribution in [0.3, 0.4) is 0 Å². The molecule has 1 aliphatic rings. The summed E-state index contributed by atoms with van der Waals surface area (Å²) in [6.07, 6.45) is 3.54. The third kappa shape index (κ3) is 5.02. The number of rotatable bonds is 9. The smallest absolute Gasteiger partial charge is 0.231 e. The van der Waals surface area contributed by atoms with Crippen molar-refractivity contribution in [1.29, 1.82) is 0 Å². The van der Waals surface area contributed by atoms with Crippen molar-refractivity contribution in [3.8, 4) is 11.5 Å². The molecular formula is C16H25NO3. The lowest BCUT2D eigenvalue weighted by Crippen LogP contribution is -2.23. The van der Waals surface area contributed by atoms with Gasteiger partial charge in [-0.15, -0.1) is 0 Å². The normalized spacial score (nSPS) is 13.2. The van der Waals surface area contributed by atoms with Crippen molar-refractivity contribution < 1.29 is 14.2 Å². The van der Waals surface area contributed by atoms with Crippen molar-refractivity contribution in [2.75, 3.05) is 19.9 Å². The Morgan fingerprint density at radius 3 is 2.85 bits per heavy atom. The van der Waals surface area contributed by atoms with Gasteiger partial charge in [-0.05, 0) is 43.5 Å². The van der Waals surface area contributed by atoms with Gasteiger partial charge in [-0.2, -0.15) is 0 Å². The van der Waals surface area contributed by atoms with Crippen LogP contribution in [-0.4, -0.2) is 26.0 Å². The summed E-state index contributed by atoms with van der Waals surface area (Å²) in [7, 11) is 0. The van der Waals surface area contributed by atoms with E-state index in [2.05, 4.69) is 19.2 Å². The van der Waals surface area contributed by atoms with Crippen LogP contribution >= 0.6 is 0 Å². The molecule has 1 aliphatic heterocycles. The minimum Gasteiger partial charge on any atom is -0.454 e. The lowest BCUT2D eigenvalue weighted by molar-refractivity contribution is 0.116. The van der Waals surface area contributed by atoms with Gasteiger partial charge < -0.3 is 19.5 Å². The second kappa shape index (κ2) is 8.12. The fourth-order valence-corrected chi connectivity index (χ4v) is 2.12. The van der Waals surface area contributed by atoms with Crippen LogP contribution in [0.25, 0.3) is 0 Å². The molecule has 0 aliphatic carbocycles. The van der Waals surface area contributed by atoms with Gasteiger partial charge in [0, 0.05) is 12.6 Å². The van der Waals surface area contributed by atoms with E-state index in [1.165, 1.54) is 12.8 Å². The van der Waals surface area contributed by atoms with Crippen LogP contribution in [0.5, 0.6) is 11.5 Å². The van der Waals surface area contributed by atoms with Crippen LogP contribution in [-0.2, 0) is 11.3 Å². The molecule has 1 heterocycles. The maximum absolute atomic E-state index is 5.69. The fourth-order valence-electron chi connectivity index (χ4n) is 2.12. The van der Waals surface area contributed by atoms with Crippen molar-refractivity contribution >= 4 is 0 Å². The van der Waals surface area contributed by atoms with Crippen molar-refractivity contribution in [3.63, 3.8) is 0 Å². The summed E-state index contributed by atoms with van der Waals surface area (Å²) in [5.41, 5.74) is 1.13. The third-order valence-corrected chi connectivity index (χ3v) is 3.22. The monoisotopic (exact) mass is 279 g/mol. The lowest BCUT2D eigenvalue weighted by atomic mass is 10.2. The summed E-state index contributed by atoms with van der Waals surface area (Å²) in [6, 6.07) is 6.55. The number of benzene rings is 1. The molecule has 0 spiro atoms.